The van der Waals surface area contributed by atoms with E-state index in [1.54, 1.807) is 0 Å². The standard InChI is InChI=1S/C23H26ClN6.ClH.Zn/c1-5-30(15-9-14-25)19-12-13-20(17(2)16-19)26-27-23-21(24)22(28(3)29(23)4)18-10-7-6-8-11-18;;/h6-8,10-13,16H,5,9,15H2,1-4H3;1H;/q+1;;/p-1. The first-order chi connectivity index (χ1) is 15.5. The Labute approximate surface area is 208 Å². The SMILES string of the molecule is CCN(CCC#N)c1ccc(N=Nc2c(Cl)c(-c3ccccc3)n(C)[n+]2C)c(C)c1.[Cl][Zn-]. The molecular weight excluding hydrogens is 497 g/mol. The molecule has 0 N–H and O–H groups in total. The maximum absolute atomic E-state index is 8.85. The predicted octanol–water partition coefficient (Wildman–Crippen LogP) is 6.32. The van der Waals surface area contributed by atoms with Crippen molar-refractivity contribution in [1.82, 2.24) is 4.68 Å². The summed E-state index contributed by atoms with van der Waals surface area (Å²) in [5.74, 6) is 0.603. The number of aromatic nitrogens is 2. The Morgan fingerprint density at radius 2 is 1.84 bits per heavy atom. The molecule has 0 unspecified atom stereocenters. The molecule has 0 saturated carbocycles. The molecule has 32 heavy (non-hydrogen) atoms. The summed E-state index contributed by atoms with van der Waals surface area (Å²) in [5.41, 5.74) is 4.82. The minimum atomic E-state index is 0.501. The average Bonchev–Trinajstić information content (AvgIpc) is 3.03. The zero-order chi connectivity index (χ0) is 23.7. The maximum atomic E-state index is 8.85. The van der Waals surface area contributed by atoms with Crippen LogP contribution in [0.15, 0.2) is 58.8 Å². The molecule has 6 nitrogen and oxygen atoms in total. The number of azo groups is 1. The van der Waals surface area contributed by atoms with Crippen molar-refractivity contribution in [3.63, 3.8) is 0 Å². The first kappa shape index (κ1) is 26.0. The van der Waals surface area contributed by atoms with E-state index in [4.69, 9.17) is 26.6 Å². The van der Waals surface area contributed by atoms with Gasteiger partial charge in [-0.05, 0) is 42.7 Å². The molecular formula is C23H26Cl2N6Zn. The summed E-state index contributed by atoms with van der Waals surface area (Å²) in [6, 6.07) is 18.3. The molecule has 0 aliphatic carbocycles. The fourth-order valence-electron chi connectivity index (χ4n) is 3.40. The number of hydrogen-bond acceptors (Lipinski definition) is 4. The predicted molar refractivity (Wildman–Crippen MR) is 126 cm³/mol. The first-order valence-electron chi connectivity index (χ1n) is 10.2. The topological polar surface area (TPSA) is 60.6 Å². The summed E-state index contributed by atoms with van der Waals surface area (Å²) in [4.78, 5) is 2.18. The first-order valence-corrected chi connectivity index (χ1v) is 14.5. The van der Waals surface area contributed by atoms with Gasteiger partial charge < -0.3 is 4.90 Å². The van der Waals surface area contributed by atoms with Gasteiger partial charge in [0.1, 0.15) is 18.4 Å². The van der Waals surface area contributed by atoms with Gasteiger partial charge in [0, 0.05) is 31.4 Å². The van der Waals surface area contributed by atoms with Gasteiger partial charge in [-0.3, -0.25) is 0 Å². The van der Waals surface area contributed by atoms with Gasteiger partial charge in [-0.25, -0.2) is 4.68 Å². The molecule has 3 aromatic rings. The van der Waals surface area contributed by atoms with Crippen LogP contribution in [0.4, 0.5) is 17.2 Å². The fraction of sp³-hybridized carbons (Fsp3) is 0.304. The van der Waals surface area contributed by atoms with E-state index >= 15 is 0 Å². The van der Waals surface area contributed by atoms with Crippen LogP contribution in [-0.4, -0.2) is 17.8 Å². The molecule has 1 aromatic heterocycles. The molecule has 0 amide bonds. The van der Waals surface area contributed by atoms with Crippen molar-refractivity contribution >= 4 is 38.5 Å². The van der Waals surface area contributed by atoms with Crippen LogP contribution in [0.3, 0.4) is 0 Å². The van der Waals surface area contributed by atoms with Gasteiger partial charge >= 0.3 is 32.8 Å². The van der Waals surface area contributed by atoms with E-state index < -0.39 is 0 Å². The summed E-state index contributed by atoms with van der Waals surface area (Å²) in [7, 11) is 8.63. The van der Waals surface area contributed by atoms with E-state index in [1.807, 2.05) is 72.8 Å². The third-order valence-corrected chi connectivity index (χ3v) is 5.55. The van der Waals surface area contributed by atoms with Gasteiger partial charge in [0.05, 0.1) is 17.6 Å². The third kappa shape index (κ3) is 5.95. The molecule has 0 radical (unpaired) electrons. The van der Waals surface area contributed by atoms with Crippen molar-refractivity contribution in [2.45, 2.75) is 20.3 Å². The molecule has 3 rings (SSSR count). The summed E-state index contributed by atoms with van der Waals surface area (Å²) in [6.07, 6.45) is 0.501. The summed E-state index contributed by atoms with van der Waals surface area (Å²) < 4.78 is 3.86. The number of aryl methyl sites for hydroxylation is 1. The van der Waals surface area contributed by atoms with Crippen molar-refractivity contribution in [3.05, 3.63) is 59.1 Å². The third-order valence-electron chi connectivity index (χ3n) is 5.20. The van der Waals surface area contributed by atoms with E-state index in [0.29, 0.717) is 23.8 Å². The Balaban J connectivity index is 0.00000176. The Morgan fingerprint density at radius 3 is 2.44 bits per heavy atom. The second kappa shape index (κ2) is 12.7. The van der Waals surface area contributed by atoms with Crippen molar-refractivity contribution < 1.29 is 22.0 Å². The van der Waals surface area contributed by atoms with Crippen LogP contribution in [0.2, 0.25) is 5.02 Å². The van der Waals surface area contributed by atoms with Crippen LogP contribution >= 0.6 is 21.3 Å². The van der Waals surface area contributed by atoms with Crippen molar-refractivity contribution in [2.24, 2.45) is 24.3 Å². The molecule has 164 valence electrons. The van der Waals surface area contributed by atoms with Gasteiger partial charge in [0.15, 0.2) is 5.02 Å². The molecule has 0 spiro atoms. The number of halogens is 2. The monoisotopic (exact) mass is 520 g/mol. The van der Waals surface area contributed by atoms with E-state index in [2.05, 4.69) is 34.2 Å². The molecule has 0 fully saturated rings. The molecule has 0 bridgehead atoms. The molecule has 1 heterocycles. The minimum absolute atomic E-state index is 0.501. The molecule has 0 atom stereocenters. The van der Waals surface area contributed by atoms with Gasteiger partial charge in [-0.2, -0.15) is 9.94 Å². The van der Waals surface area contributed by atoms with E-state index in [0.717, 1.165) is 52.1 Å². The number of benzene rings is 2. The number of nitrogens with zero attached hydrogens (tertiary/aromatic N) is 6. The summed E-state index contributed by atoms with van der Waals surface area (Å²) >= 11 is 7.53. The Kier molecular flexibility index (Phi) is 10.3. The quantitative estimate of drug-likeness (QED) is 0.207. The van der Waals surface area contributed by atoms with Crippen LogP contribution in [0.25, 0.3) is 11.3 Å². The average molecular weight is 523 g/mol. The fourth-order valence-corrected chi connectivity index (χ4v) is 3.80. The van der Waals surface area contributed by atoms with Crippen molar-refractivity contribution in [2.75, 3.05) is 18.0 Å². The number of hydrogen-bond donors (Lipinski definition) is 0. The zero-order valence-electron chi connectivity index (χ0n) is 18.9. The van der Waals surface area contributed by atoms with Gasteiger partial charge in [-0.1, -0.05) is 41.9 Å². The number of nitriles is 1. The molecule has 9 heteroatoms. The second-order valence-electron chi connectivity index (χ2n) is 7.06. The van der Waals surface area contributed by atoms with Crippen molar-refractivity contribution in [1.29, 1.82) is 5.26 Å². The van der Waals surface area contributed by atoms with Gasteiger partial charge in [0.2, 0.25) is 0 Å². The van der Waals surface area contributed by atoms with Crippen LogP contribution in [0, 0.1) is 18.3 Å². The Hall–Kier alpha value is -2.26. The second-order valence-corrected chi connectivity index (χ2v) is 7.44. The molecule has 2 aromatic carbocycles. The normalized spacial score (nSPS) is 10.5. The molecule has 0 aliphatic heterocycles. The Bertz CT molecular complexity index is 1110. The van der Waals surface area contributed by atoms with Crippen molar-refractivity contribution in [3.8, 4) is 17.3 Å². The van der Waals surface area contributed by atoms with Gasteiger partial charge in [-0.15, -0.1) is 0 Å². The Morgan fingerprint density at radius 1 is 1.16 bits per heavy atom. The van der Waals surface area contributed by atoms with Crippen LogP contribution in [0.5, 0.6) is 0 Å². The summed E-state index contributed by atoms with van der Waals surface area (Å²) in [6.45, 7) is 5.66. The molecule has 0 aliphatic rings. The van der Waals surface area contributed by atoms with E-state index in [-0.39, 0.29) is 0 Å². The summed E-state index contributed by atoms with van der Waals surface area (Å²) in [5, 5.41) is 18.4. The number of anilines is 1. The van der Waals surface area contributed by atoms with Crippen LogP contribution < -0.4 is 9.58 Å². The number of rotatable bonds is 7. The van der Waals surface area contributed by atoms with Crippen LogP contribution in [-0.2, 0) is 31.4 Å². The van der Waals surface area contributed by atoms with E-state index in [1.165, 1.54) is 0 Å². The zero-order valence-corrected chi connectivity index (χ0v) is 23.4. The van der Waals surface area contributed by atoms with E-state index in [9.17, 15) is 0 Å². The molecule has 0 saturated heterocycles. The van der Waals surface area contributed by atoms with Crippen LogP contribution in [0.1, 0.15) is 18.9 Å². The van der Waals surface area contributed by atoms with Gasteiger partial charge in [0.25, 0.3) is 0 Å².